The number of nitrogens with one attached hydrogen (secondary N) is 1. The Morgan fingerprint density at radius 1 is 1.19 bits per heavy atom. The van der Waals surface area contributed by atoms with Gasteiger partial charge in [0.2, 0.25) is 0 Å². The summed E-state index contributed by atoms with van der Waals surface area (Å²) in [4.78, 5) is 15.7. The van der Waals surface area contributed by atoms with Crippen LogP contribution in [0.4, 0.5) is 0 Å². The Morgan fingerprint density at radius 3 is 2.81 bits per heavy atom. The molecule has 2 fully saturated rings. The molecule has 4 nitrogen and oxygen atoms in total. The molecule has 0 saturated carbocycles. The molecule has 0 radical (unpaired) electrons. The number of carbonyl (C=O) groups is 1. The summed E-state index contributed by atoms with van der Waals surface area (Å²) in [7, 11) is 0. The van der Waals surface area contributed by atoms with E-state index < -0.39 is 0 Å². The summed E-state index contributed by atoms with van der Waals surface area (Å²) in [5.74, 6) is 0.610. The maximum Gasteiger partial charge on any atom is 0.267 e. The van der Waals surface area contributed by atoms with Crippen molar-refractivity contribution in [1.82, 2.24) is 14.8 Å². The second kappa shape index (κ2) is 7.84. The molecule has 2 aliphatic rings. The molecule has 0 spiro atoms. The van der Waals surface area contributed by atoms with Crippen LogP contribution in [0.2, 0.25) is 5.02 Å². The summed E-state index contributed by atoms with van der Waals surface area (Å²) in [6.07, 6.45) is 6.41. The normalized spacial score (nSPS) is 23.6. The van der Waals surface area contributed by atoms with E-state index in [4.69, 9.17) is 11.6 Å². The molecule has 2 aromatic rings. The molecule has 2 atom stereocenters. The molecule has 0 bridgehead atoms. The second-order valence-corrected chi connectivity index (χ2v) is 8.84. The highest BCUT2D eigenvalue weighted by Crippen LogP contribution is 2.31. The molecular weight excluding hydrogens is 358 g/mol. The van der Waals surface area contributed by atoms with Gasteiger partial charge in [0.15, 0.2) is 0 Å². The van der Waals surface area contributed by atoms with Gasteiger partial charge >= 0.3 is 0 Å². The van der Waals surface area contributed by atoms with E-state index in [0.717, 1.165) is 23.1 Å². The van der Waals surface area contributed by atoms with Crippen LogP contribution in [0.15, 0.2) is 24.3 Å². The van der Waals surface area contributed by atoms with Crippen molar-refractivity contribution in [3.8, 4) is 0 Å². The topological polar surface area (TPSA) is 37.3 Å². The van der Waals surface area contributed by atoms with E-state index in [1.807, 2.05) is 24.3 Å². The van der Waals surface area contributed by atoms with Gasteiger partial charge in [-0.25, -0.2) is 0 Å². The average molecular weight is 388 g/mol. The molecule has 5 heteroatoms. The Labute approximate surface area is 166 Å². The van der Waals surface area contributed by atoms with Crippen molar-refractivity contribution in [3.05, 3.63) is 35.0 Å². The Balaban J connectivity index is 1.52. The van der Waals surface area contributed by atoms with Gasteiger partial charge in [0.05, 0.1) is 0 Å². The van der Waals surface area contributed by atoms with Crippen LogP contribution in [0.25, 0.3) is 10.9 Å². The number of amides is 1. The van der Waals surface area contributed by atoms with E-state index >= 15 is 0 Å². The summed E-state index contributed by atoms with van der Waals surface area (Å²) >= 11 is 6.15. The number of hydrogen-bond acceptors (Lipinski definition) is 2. The van der Waals surface area contributed by atoms with Gasteiger partial charge in [-0.1, -0.05) is 18.0 Å². The van der Waals surface area contributed by atoms with Crippen molar-refractivity contribution in [3.63, 3.8) is 0 Å². The number of nitrogens with zero attached hydrogens (tertiary/aromatic N) is 2. The molecule has 1 amide bonds. The van der Waals surface area contributed by atoms with E-state index in [1.54, 1.807) is 0 Å². The first-order valence-corrected chi connectivity index (χ1v) is 10.7. The van der Waals surface area contributed by atoms with Crippen LogP contribution in [0.3, 0.4) is 0 Å². The first-order chi connectivity index (χ1) is 13.0. The van der Waals surface area contributed by atoms with E-state index in [0.29, 0.717) is 17.0 Å². The Hall–Kier alpha value is -1.52. The quantitative estimate of drug-likeness (QED) is 0.812. The van der Waals surface area contributed by atoms with Crippen LogP contribution >= 0.6 is 11.6 Å². The summed E-state index contributed by atoms with van der Waals surface area (Å²) in [5.41, 5.74) is 1.80. The van der Waals surface area contributed by atoms with Gasteiger partial charge in [0.25, 0.3) is 5.91 Å². The number of rotatable bonds is 4. The molecule has 4 rings (SSSR count). The number of fused-ring (bicyclic) bond motifs is 2. The van der Waals surface area contributed by atoms with Crippen LogP contribution < -0.4 is 5.32 Å². The number of hydrogen-bond donors (Lipinski definition) is 1. The molecule has 146 valence electrons. The lowest BCUT2D eigenvalue weighted by Crippen LogP contribution is -2.51. The predicted molar refractivity (Wildman–Crippen MR) is 112 cm³/mol. The Morgan fingerprint density at radius 2 is 2.00 bits per heavy atom. The fourth-order valence-corrected chi connectivity index (χ4v) is 5.25. The molecular formula is C22H30ClN3O. The fraction of sp³-hybridized carbons (Fsp3) is 0.591. The maximum atomic E-state index is 13.0. The molecule has 2 saturated heterocycles. The van der Waals surface area contributed by atoms with Crippen LogP contribution in [0.5, 0.6) is 0 Å². The predicted octanol–water partition coefficient (Wildman–Crippen LogP) is 4.87. The highest BCUT2D eigenvalue weighted by molar-refractivity contribution is 6.31. The van der Waals surface area contributed by atoms with Crippen molar-refractivity contribution < 1.29 is 4.79 Å². The van der Waals surface area contributed by atoms with Crippen molar-refractivity contribution in [1.29, 1.82) is 0 Å². The Kier molecular flexibility index (Phi) is 5.47. The third kappa shape index (κ3) is 3.74. The summed E-state index contributed by atoms with van der Waals surface area (Å²) in [6, 6.07) is 8.69. The average Bonchev–Trinajstić information content (AvgIpc) is 3.05. The van der Waals surface area contributed by atoms with E-state index in [9.17, 15) is 4.79 Å². The minimum atomic E-state index is 0.0314. The lowest BCUT2D eigenvalue weighted by atomic mass is 9.83. The molecule has 0 unspecified atom stereocenters. The molecule has 27 heavy (non-hydrogen) atoms. The smallest absolute Gasteiger partial charge is 0.267 e. The number of aromatic nitrogens is 1. The molecule has 1 aromatic heterocycles. The number of piperidine rings is 2. The second-order valence-electron chi connectivity index (χ2n) is 8.41. The monoisotopic (exact) mass is 387 g/mol. The zero-order valence-electron chi connectivity index (χ0n) is 16.4. The van der Waals surface area contributed by atoms with Crippen molar-refractivity contribution in [2.24, 2.45) is 5.92 Å². The molecule has 1 aromatic carbocycles. The molecule has 2 aliphatic heterocycles. The van der Waals surface area contributed by atoms with Crippen molar-refractivity contribution in [2.75, 3.05) is 19.6 Å². The van der Waals surface area contributed by atoms with Crippen LogP contribution in [0.1, 0.15) is 62.5 Å². The zero-order chi connectivity index (χ0) is 19.0. The van der Waals surface area contributed by atoms with Gasteiger partial charge in [-0.2, -0.15) is 0 Å². The zero-order valence-corrected chi connectivity index (χ0v) is 17.1. The van der Waals surface area contributed by atoms with Crippen molar-refractivity contribution >= 4 is 28.4 Å². The first-order valence-electron chi connectivity index (χ1n) is 10.4. The van der Waals surface area contributed by atoms with Gasteiger partial charge < -0.3 is 14.8 Å². The van der Waals surface area contributed by atoms with Gasteiger partial charge in [0.1, 0.15) is 5.69 Å². The van der Waals surface area contributed by atoms with Crippen LogP contribution in [-0.2, 0) is 0 Å². The van der Waals surface area contributed by atoms with E-state index in [-0.39, 0.29) is 11.9 Å². The summed E-state index contributed by atoms with van der Waals surface area (Å²) in [5, 5.41) is 4.98. The first kappa shape index (κ1) is 18.8. The third-order valence-corrected chi connectivity index (χ3v) is 6.54. The minimum Gasteiger partial charge on any atom is -0.350 e. The SMILES string of the molecule is CC(C)n1c(C(=O)NC[C@H]2CCCN3CCCC[C@H]23)cc2cc(Cl)ccc21. The highest BCUT2D eigenvalue weighted by atomic mass is 35.5. The summed E-state index contributed by atoms with van der Waals surface area (Å²) in [6.45, 7) is 7.48. The third-order valence-electron chi connectivity index (χ3n) is 6.30. The summed E-state index contributed by atoms with van der Waals surface area (Å²) < 4.78 is 2.12. The minimum absolute atomic E-state index is 0.0314. The molecule has 1 N–H and O–H groups in total. The van der Waals surface area contributed by atoms with Crippen LogP contribution in [-0.4, -0.2) is 41.1 Å². The molecule has 3 heterocycles. The van der Waals surface area contributed by atoms with Crippen molar-refractivity contribution in [2.45, 2.75) is 58.0 Å². The van der Waals surface area contributed by atoms with Crippen LogP contribution in [0, 0.1) is 5.92 Å². The fourth-order valence-electron chi connectivity index (χ4n) is 5.07. The lowest BCUT2D eigenvalue weighted by molar-refractivity contribution is 0.0574. The molecule has 0 aliphatic carbocycles. The van der Waals surface area contributed by atoms with E-state index in [1.165, 1.54) is 45.2 Å². The number of benzene rings is 1. The van der Waals surface area contributed by atoms with Gasteiger partial charge in [0, 0.05) is 34.6 Å². The highest BCUT2D eigenvalue weighted by Gasteiger charge is 2.33. The standard InChI is InChI=1S/C22H30ClN3O/c1-15(2)26-20-9-8-18(23)12-17(20)13-21(26)22(27)24-14-16-6-5-11-25-10-4-3-7-19(16)25/h8-9,12-13,15-16,19H,3-7,10-11,14H2,1-2H3,(H,24,27)/t16-,19-/m1/s1. The van der Waals surface area contributed by atoms with E-state index in [2.05, 4.69) is 28.6 Å². The number of halogens is 1. The van der Waals surface area contributed by atoms with Gasteiger partial charge in [-0.3, -0.25) is 4.79 Å². The largest absolute Gasteiger partial charge is 0.350 e. The lowest BCUT2D eigenvalue weighted by Gasteiger charge is -2.44. The van der Waals surface area contributed by atoms with Gasteiger partial charge in [-0.15, -0.1) is 0 Å². The maximum absolute atomic E-state index is 13.0. The number of carbonyl (C=O) groups excluding carboxylic acids is 1. The Bertz CT molecular complexity index is 826. The van der Waals surface area contributed by atoms with Gasteiger partial charge in [-0.05, 0) is 82.8 Å².